The van der Waals surface area contributed by atoms with Crippen molar-refractivity contribution in [1.82, 2.24) is 24.6 Å². The van der Waals surface area contributed by atoms with Crippen molar-refractivity contribution in [3.8, 4) is 0 Å². The van der Waals surface area contributed by atoms with Crippen molar-refractivity contribution in [3.63, 3.8) is 0 Å². The first-order valence-electron chi connectivity index (χ1n) is 10.4. The molecule has 168 valence electrons. The van der Waals surface area contributed by atoms with Crippen molar-refractivity contribution >= 4 is 5.91 Å². The Labute approximate surface area is 184 Å². The first kappa shape index (κ1) is 22.0. The Hall–Kier alpha value is -3.17. The van der Waals surface area contributed by atoms with E-state index in [1.807, 2.05) is 36.1 Å². The maximum absolute atomic E-state index is 14.6. The molecule has 32 heavy (non-hydrogen) atoms. The third-order valence-electron chi connectivity index (χ3n) is 5.84. The van der Waals surface area contributed by atoms with Crippen LogP contribution in [-0.2, 0) is 12.1 Å². The van der Waals surface area contributed by atoms with Gasteiger partial charge in [-0.15, -0.1) is 0 Å². The van der Waals surface area contributed by atoms with Crippen LogP contribution in [0.5, 0.6) is 0 Å². The van der Waals surface area contributed by atoms with Crippen LogP contribution in [0.15, 0.2) is 55.1 Å². The smallest absolute Gasteiger partial charge is 0.254 e. The molecule has 1 aliphatic rings. The molecular formula is C23H25F2N5O2. The third-order valence-corrected chi connectivity index (χ3v) is 5.84. The second-order valence-corrected chi connectivity index (χ2v) is 8.13. The number of halogens is 2. The first-order chi connectivity index (χ1) is 15.4. The molecule has 1 aliphatic heterocycles. The van der Waals surface area contributed by atoms with Crippen molar-refractivity contribution < 1.29 is 18.7 Å². The highest BCUT2D eigenvalue weighted by atomic mass is 19.1. The number of nitrogens with zero attached hydrogens (tertiary/aromatic N) is 5. The predicted molar refractivity (Wildman–Crippen MR) is 114 cm³/mol. The Bertz CT molecular complexity index is 1080. The molecule has 9 heteroatoms. The summed E-state index contributed by atoms with van der Waals surface area (Å²) in [4.78, 5) is 20.5. The van der Waals surface area contributed by atoms with Crippen molar-refractivity contribution in [1.29, 1.82) is 0 Å². The Balaban J connectivity index is 1.49. The van der Waals surface area contributed by atoms with Crippen LogP contribution < -0.4 is 0 Å². The van der Waals surface area contributed by atoms with Crippen molar-refractivity contribution in [2.24, 2.45) is 0 Å². The van der Waals surface area contributed by atoms with Gasteiger partial charge < -0.3 is 10.0 Å². The molecule has 7 nitrogen and oxygen atoms in total. The first-order valence-corrected chi connectivity index (χ1v) is 10.4. The van der Waals surface area contributed by atoms with Crippen LogP contribution in [0.2, 0.25) is 0 Å². The summed E-state index contributed by atoms with van der Waals surface area (Å²) in [5.74, 6) is -1.55. The van der Waals surface area contributed by atoms with Gasteiger partial charge in [-0.05, 0) is 24.6 Å². The number of β-amino-alcohol motifs (C(OH)–C–C–N with tert-alkyl or cyclic N) is 1. The van der Waals surface area contributed by atoms with E-state index >= 15 is 0 Å². The second-order valence-electron chi connectivity index (χ2n) is 8.13. The topological polar surface area (TPSA) is 74.5 Å². The highest BCUT2D eigenvalue weighted by Gasteiger charge is 2.37. The zero-order chi connectivity index (χ0) is 22.7. The van der Waals surface area contributed by atoms with Gasteiger partial charge in [0.25, 0.3) is 5.91 Å². The highest BCUT2D eigenvalue weighted by Crippen LogP contribution is 2.28. The largest absolute Gasteiger partial charge is 0.382 e. The summed E-state index contributed by atoms with van der Waals surface area (Å²) in [5.41, 5.74) is -0.0630. The van der Waals surface area contributed by atoms with Crippen LogP contribution in [0.3, 0.4) is 0 Å². The maximum Gasteiger partial charge on any atom is 0.254 e. The number of hydrogen-bond donors (Lipinski definition) is 1. The van der Waals surface area contributed by atoms with E-state index < -0.39 is 17.2 Å². The van der Waals surface area contributed by atoms with Crippen molar-refractivity contribution in [2.45, 2.75) is 19.1 Å². The Morgan fingerprint density at radius 2 is 1.84 bits per heavy atom. The number of aliphatic hydroxyl groups is 1. The molecule has 4 rings (SSSR count). The molecule has 1 amide bonds. The highest BCUT2D eigenvalue weighted by molar-refractivity contribution is 5.95. The van der Waals surface area contributed by atoms with Gasteiger partial charge in [-0.1, -0.05) is 24.3 Å². The lowest BCUT2D eigenvalue weighted by Gasteiger charge is -2.39. The SMILES string of the molecule is Cc1ccccc1C(=O)N1CCN(CC(O)(Cn2cncn2)c2ccc(F)cc2F)CC1. The quantitative estimate of drug-likeness (QED) is 0.635. The van der Waals surface area contributed by atoms with Gasteiger partial charge in [-0.3, -0.25) is 9.69 Å². The third kappa shape index (κ3) is 4.68. The van der Waals surface area contributed by atoms with Gasteiger partial charge in [-0.2, -0.15) is 5.10 Å². The van der Waals surface area contributed by atoms with Gasteiger partial charge in [0.1, 0.15) is 29.9 Å². The molecule has 1 atom stereocenters. The molecule has 0 radical (unpaired) electrons. The molecular weight excluding hydrogens is 416 g/mol. The summed E-state index contributed by atoms with van der Waals surface area (Å²) < 4.78 is 29.5. The zero-order valence-corrected chi connectivity index (χ0v) is 17.8. The molecule has 0 aliphatic carbocycles. The van der Waals surface area contributed by atoms with E-state index in [9.17, 15) is 18.7 Å². The molecule has 1 aromatic heterocycles. The standard InChI is InChI=1S/C23H25F2N5O2/c1-17-4-2-3-5-19(17)22(31)29-10-8-28(9-11-29)13-23(32,14-30-16-26-15-27-30)20-7-6-18(24)12-21(20)25/h2-7,12,15-16,32H,8-11,13-14H2,1H3. The minimum Gasteiger partial charge on any atom is -0.382 e. The lowest BCUT2D eigenvalue weighted by atomic mass is 9.92. The second kappa shape index (κ2) is 9.13. The fourth-order valence-electron chi connectivity index (χ4n) is 4.13. The van der Waals surface area contributed by atoms with Crippen LogP contribution in [-0.4, -0.2) is 68.3 Å². The predicted octanol–water partition coefficient (Wildman–Crippen LogP) is 2.21. The van der Waals surface area contributed by atoms with E-state index in [-0.39, 0.29) is 24.6 Å². The summed E-state index contributed by atoms with van der Waals surface area (Å²) >= 11 is 0. The molecule has 1 fully saturated rings. The number of carbonyl (C=O) groups is 1. The normalized spacial score (nSPS) is 16.7. The summed E-state index contributed by atoms with van der Waals surface area (Å²) in [5, 5.41) is 15.5. The Morgan fingerprint density at radius 3 is 2.50 bits per heavy atom. The number of carbonyl (C=O) groups excluding carboxylic acids is 1. The lowest BCUT2D eigenvalue weighted by Crippen LogP contribution is -2.53. The van der Waals surface area contributed by atoms with Gasteiger partial charge in [0.15, 0.2) is 0 Å². The maximum atomic E-state index is 14.6. The number of aryl methyl sites for hydroxylation is 1. The minimum absolute atomic E-state index is 0.00665. The average Bonchev–Trinajstić information content (AvgIpc) is 3.26. The van der Waals surface area contributed by atoms with Crippen LogP contribution in [0.25, 0.3) is 0 Å². The monoisotopic (exact) mass is 441 g/mol. The average molecular weight is 441 g/mol. The van der Waals surface area contributed by atoms with E-state index in [1.54, 1.807) is 4.90 Å². The molecule has 0 spiro atoms. The summed E-state index contributed by atoms with van der Waals surface area (Å²) in [7, 11) is 0. The minimum atomic E-state index is -1.66. The summed E-state index contributed by atoms with van der Waals surface area (Å²) in [6.45, 7) is 3.96. The number of piperazine rings is 1. The van der Waals surface area contributed by atoms with E-state index in [0.717, 1.165) is 17.7 Å². The molecule has 0 saturated carbocycles. The van der Waals surface area contributed by atoms with E-state index in [1.165, 1.54) is 23.4 Å². The van der Waals surface area contributed by atoms with Gasteiger partial charge >= 0.3 is 0 Å². The Morgan fingerprint density at radius 1 is 1.09 bits per heavy atom. The van der Waals surface area contributed by atoms with E-state index in [4.69, 9.17) is 0 Å². The number of aromatic nitrogens is 3. The number of hydrogen-bond acceptors (Lipinski definition) is 5. The summed E-state index contributed by atoms with van der Waals surface area (Å²) in [6.07, 6.45) is 2.77. The molecule has 2 heterocycles. The number of amides is 1. The van der Waals surface area contributed by atoms with Crippen LogP contribution in [0.1, 0.15) is 21.5 Å². The Kier molecular flexibility index (Phi) is 6.29. The van der Waals surface area contributed by atoms with Crippen LogP contribution in [0, 0.1) is 18.6 Å². The van der Waals surface area contributed by atoms with Crippen LogP contribution >= 0.6 is 0 Å². The van der Waals surface area contributed by atoms with E-state index in [2.05, 4.69) is 10.1 Å². The van der Waals surface area contributed by atoms with E-state index in [0.29, 0.717) is 31.7 Å². The van der Waals surface area contributed by atoms with Crippen LogP contribution in [0.4, 0.5) is 8.78 Å². The van der Waals surface area contributed by atoms with Gasteiger partial charge in [-0.25, -0.2) is 18.4 Å². The molecule has 2 aromatic carbocycles. The summed E-state index contributed by atoms with van der Waals surface area (Å²) in [6, 6.07) is 10.6. The molecule has 0 bridgehead atoms. The van der Waals surface area contributed by atoms with Gasteiger partial charge in [0.2, 0.25) is 0 Å². The molecule has 1 saturated heterocycles. The molecule has 1 N–H and O–H groups in total. The fraction of sp³-hybridized carbons (Fsp3) is 0.348. The lowest BCUT2D eigenvalue weighted by molar-refractivity contribution is -0.0302. The van der Waals surface area contributed by atoms with Gasteiger partial charge in [0.05, 0.1) is 6.54 Å². The van der Waals surface area contributed by atoms with Crippen molar-refractivity contribution in [2.75, 3.05) is 32.7 Å². The fourth-order valence-corrected chi connectivity index (χ4v) is 4.13. The number of rotatable bonds is 6. The van der Waals surface area contributed by atoms with Crippen molar-refractivity contribution in [3.05, 3.63) is 83.4 Å². The molecule has 3 aromatic rings. The molecule has 1 unspecified atom stereocenters. The zero-order valence-electron chi connectivity index (χ0n) is 17.8. The number of benzene rings is 2. The van der Waals surface area contributed by atoms with Gasteiger partial charge in [0, 0.05) is 49.9 Å².